The Kier molecular flexibility index (Phi) is 8.01. The second kappa shape index (κ2) is 12.2. The summed E-state index contributed by atoms with van der Waals surface area (Å²) in [5.74, 6) is 0.874. The van der Waals surface area contributed by atoms with Gasteiger partial charge < -0.3 is 13.9 Å². The summed E-state index contributed by atoms with van der Waals surface area (Å²) in [4.78, 5) is 43.8. The molecule has 0 aliphatic carbocycles. The summed E-state index contributed by atoms with van der Waals surface area (Å²) in [7, 11) is 1.57. The Bertz CT molecular complexity index is 2140. The topological polar surface area (TPSA) is 126 Å². The molecule has 0 spiro atoms. The molecule has 2 aromatic heterocycles. The van der Waals surface area contributed by atoms with Gasteiger partial charge in [-0.05, 0) is 49.2 Å². The number of fused-ring (bicyclic) bond motifs is 1. The Morgan fingerprint density at radius 1 is 1.09 bits per heavy atom. The number of carbonyl (C=O) groups excluding carboxylic acids is 1. The Morgan fingerprint density at radius 2 is 1.84 bits per heavy atom. The van der Waals surface area contributed by atoms with Crippen LogP contribution in [0.25, 0.3) is 23.1 Å². The van der Waals surface area contributed by atoms with Crippen LogP contribution in [0.15, 0.2) is 105 Å². The monoisotopic (exact) mass is 621 g/mol. The third-order valence-corrected chi connectivity index (χ3v) is 8.39. The molecule has 3 heterocycles. The number of thiazole rings is 1. The molecule has 0 amide bonds. The van der Waals surface area contributed by atoms with Gasteiger partial charge in [-0.25, -0.2) is 9.79 Å². The lowest BCUT2D eigenvalue weighted by atomic mass is 9.93. The second-order valence-electron chi connectivity index (χ2n) is 10.2. The van der Waals surface area contributed by atoms with Gasteiger partial charge in [-0.3, -0.25) is 19.5 Å². The fourth-order valence-electron chi connectivity index (χ4n) is 5.24. The SMILES string of the molecule is CCOC(=O)C1=C(c2ccccc2)N=c2s/c(=C\c3ccc(-c4cc([N+](=O)[O-])ccc4C)o3)c(=O)n2[C@H]1c1ccc(OC)cc1. The molecular weight excluding hydrogens is 594 g/mol. The van der Waals surface area contributed by atoms with E-state index in [1.54, 1.807) is 50.4 Å². The highest BCUT2D eigenvalue weighted by Crippen LogP contribution is 2.36. The van der Waals surface area contributed by atoms with E-state index < -0.39 is 16.9 Å². The quantitative estimate of drug-likeness (QED) is 0.129. The van der Waals surface area contributed by atoms with Gasteiger partial charge in [0.15, 0.2) is 4.80 Å². The van der Waals surface area contributed by atoms with E-state index >= 15 is 0 Å². The summed E-state index contributed by atoms with van der Waals surface area (Å²) in [5, 5.41) is 11.3. The van der Waals surface area contributed by atoms with Crippen LogP contribution >= 0.6 is 11.3 Å². The maximum atomic E-state index is 14.1. The molecular formula is C34H27N3O7S. The summed E-state index contributed by atoms with van der Waals surface area (Å²) in [6.45, 7) is 3.71. The Morgan fingerprint density at radius 3 is 2.53 bits per heavy atom. The van der Waals surface area contributed by atoms with Gasteiger partial charge in [0, 0.05) is 29.3 Å². The zero-order valence-electron chi connectivity index (χ0n) is 24.6. The fraction of sp³-hybridized carbons (Fsp3) is 0.147. The van der Waals surface area contributed by atoms with Crippen LogP contribution in [0.3, 0.4) is 0 Å². The number of aromatic nitrogens is 1. The third-order valence-electron chi connectivity index (χ3n) is 7.40. The van der Waals surface area contributed by atoms with Crippen molar-refractivity contribution < 1.29 is 23.6 Å². The van der Waals surface area contributed by atoms with Crippen molar-refractivity contribution in [2.75, 3.05) is 13.7 Å². The van der Waals surface area contributed by atoms with Gasteiger partial charge >= 0.3 is 5.97 Å². The van der Waals surface area contributed by atoms with Crippen molar-refractivity contribution in [3.63, 3.8) is 0 Å². The van der Waals surface area contributed by atoms with Gasteiger partial charge in [-0.2, -0.15) is 0 Å². The van der Waals surface area contributed by atoms with Crippen molar-refractivity contribution in [3.8, 4) is 17.1 Å². The number of furan rings is 1. The van der Waals surface area contributed by atoms with Gasteiger partial charge in [-0.15, -0.1) is 0 Å². The number of aryl methyl sites for hydroxylation is 1. The van der Waals surface area contributed by atoms with Crippen molar-refractivity contribution >= 4 is 34.8 Å². The van der Waals surface area contributed by atoms with Crippen LogP contribution in [0.1, 0.15) is 35.4 Å². The summed E-state index contributed by atoms with van der Waals surface area (Å²) < 4.78 is 18.7. The Balaban J connectivity index is 1.54. The lowest BCUT2D eigenvalue weighted by Crippen LogP contribution is -2.40. The highest BCUT2D eigenvalue weighted by atomic mass is 32.1. The molecule has 10 nitrogen and oxygen atoms in total. The summed E-state index contributed by atoms with van der Waals surface area (Å²) >= 11 is 1.17. The first-order valence-electron chi connectivity index (χ1n) is 14.1. The molecule has 45 heavy (non-hydrogen) atoms. The highest BCUT2D eigenvalue weighted by molar-refractivity contribution is 7.07. The number of nitro groups is 1. The van der Waals surface area contributed by atoms with Crippen LogP contribution in [0, 0.1) is 17.0 Å². The van der Waals surface area contributed by atoms with E-state index in [2.05, 4.69) is 0 Å². The van der Waals surface area contributed by atoms with Crippen molar-refractivity contribution in [1.29, 1.82) is 0 Å². The third kappa shape index (κ3) is 5.61. The Labute approximate surface area is 261 Å². The Hall–Kier alpha value is -5.55. The number of hydrogen-bond acceptors (Lipinski definition) is 9. The minimum atomic E-state index is -0.830. The standard InChI is InChI=1S/C34H27N3O7S/c1-4-43-33(39)29-30(21-8-6-5-7-9-21)35-34-36(31(29)22-11-14-24(42-3)15-12-22)32(38)28(45-34)19-25-16-17-27(44-25)26-18-23(37(40)41)13-10-20(26)2/h5-19,31H,4H2,1-3H3/b28-19-/t31-/m0/s1. The fourth-order valence-corrected chi connectivity index (χ4v) is 6.22. The number of benzene rings is 3. The van der Waals surface area contributed by atoms with Crippen LogP contribution in [0.2, 0.25) is 0 Å². The first kappa shape index (κ1) is 29.5. The molecule has 0 fully saturated rings. The second-order valence-corrected chi connectivity index (χ2v) is 11.2. The molecule has 0 bridgehead atoms. The van der Waals surface area contributed by atoms with Crippen molar-refractivity contribution in [1.82, 2.24) is 4.57 Å². The van der Waals surface area contributed by atoms with E-state index in [9.17, 15) is 19.7 Å². The molecule has 1 atom stereocenters. The van der Waals surface area contributed by atoms with Crippen LogP contribution in [0.5, 0.6) is 5.75 Å². The minimum absolute atomic E-state index is 0.0491. The predicted molar refractivity (Wildman–Crippen MR) is 170 cm³/mol. The molecule has 1 aliphatic rings. The molecule has 0 N–H and O–H groups in total. The van der Waals surface area contributed by atoms with Crippen LogP contribution in [-0.4, -0.2) is 29.2 Å². The maximum absolute atomic E-state index is 14.1. The highest BCUT2D eigenvalue weighted by Gasteiger charge is 2.35. The molecule has 0 saturated heterocycles. The molecule has 5 aromatic rings. The molecule has 226 valence electrons. The zero-order chi connectivity index (χ0) is 31.7. The smallest absolute Gasteiger partial charge is 0.338 e. The van der Waals surface area contributed by atoms with E-state index in [1.807, 2.05) is 49.4 Å². The number of nitro benzene ring substituents is 1. The summed E-state index contributed by atoms with van der Waals surface area (Å²) in [6.07, 6.45) is 1.61. The van der Waals surface area contributed by atoms with Gasteiger partial charge in [0.1, 0.15) is 17.3 Å². The minimum Gasteiger partial charge on any atom is -0.497 e. The van der Waals surface area contributed by atoms with Crippen molar-refractivity contribution in [2.24, 2.45) is 4.99 Å². The lowest BCUT2D eigenvalue weighted by molar-refractivity contribution is -0.384. The first-order valence-corrected chi connectivity index (χ1v) is 14.9. The van der Waals surface area contributed by atoms with E-state index in [0.29, 0.717) is 49.0 Å². The molecule has 1 aliphatic heterocycles. The van der Waals surface area contributed by atoms with Gasteiger partial charge in [0.25, 0.3) is 11.2 Å². The first-order chi connectivity index (χ1) is 21.8. The molecule has 11 heteroatoms. The number of nitrogens with zero attached hydrogens (tertiary/aromatic N) is 3. The number of non-ortho nitro benzene ring substituents is 1. The lowest BCUT2D eigenvalue weighted by Gasteiger charge is -2.26. The van der Waals surface area contributed by atoms with E-state index in [0.717, 1.165) is 5.56 Å². The van der Waals surface area contributed by atoms with Crippen LogP contribution in [0.4, 0.5) is 5.69 Å². The summed E-state index contributed by atoms with van der Waals surface area (Å²) in [5.41, 5.74) is 3.02. The van der Waals surface area contributed by atoms with Crippen molar-refractivity contribution in [3.05, 3.63) is 143 Å². The maximum Gasteiger partial charge on any atom is 0.338 e. The number of methoxy groups -OCH3 is 1. The van der Waals surface area contributed by atoms with E-state index in [4.69, 9.17) is 18.9 Å². The molecule has 3 aromatic carbocycles. The average Bonchev–Trinajstić information content (AvgIpc) is 3.64. The molecule has 0 saturated carbocycles. The van der Waals surface area contributed by atoms with Gasteiger partial charge in [-0.1, -0.05) is 59.9 Å². The molecule has 6 rings (SSSR count). The molecule has 0 radical (unpaired) electrons. The van der Waals surface area contributed by atoms with E-state index in [1.165, 1.54) is 28.0 Å². The van der Waals surface area contributed by atoms with Crippen molar-refractivity contribution in [2.45, 2.75) is 19.9 Å². The average molecular weight is 622 g/mol. The van der Waals surface area contributed by atoms with Crippen LogP contribution in [-0.2, 0) is 9.53 Å². The van der Waals surface area contributed by atoms with E-state index in [-0.39, 0.29) is 23.4 Å². The van der Waals surface area contributed by atoms with Gasteiger partial charge in [0.05, 0.1) is 40.5 Å². The predicted octanol–water partition coefficient (Wildman–Crippen LogP) is 5.42. The number of ether oxygens (including phenoxy) is 2. The number of esters is 1. The zero-order valence-corrected chi connectivity index (χ0v) is 25.4. The number of carbonyl (C=O) groups is 1. The van der Waals surface area contributed by atoms with Crippen LogP contribution < -0.4 is 19.6 Å². The number of hydrogen-bond donors (Lipinski definition) is 0. The number of rotatable bonds is 8. The summed E-state index contributed by atoms with van der Waals surface area (Å²) in [6, 6.07) is 23.6. The largest absolute Gasteiger partial charge is 0.497 e. The molecule has 0 unspecified atom stereocenters. The van der Waals surface area contributed by atoms with Gasteiger partial charge in [0.2, 0.25) is 0 Å². The normalized spacial score (nSPS) is 14.6.